The maximum absolute atomic E-state index is 14.0. The predicted molar refractivity (Wildman–Crippen MR) is 161 cm³/mol. The summed E-state index contributed by atoms with van der Waals surface area (Å²) >= 11 is 6.01. The Balaban J connectivity index is 1.99. The highest BCUT2D eigenvalue weighted by Gasteiger charge is 2.33. The standard InChI is InChI=1S/C31H38ClN3O4S/c1-4-6-21-33-31(37)28(5-2)34(22-20-25-13-8-7-9-14-25)30(36)23-35(29-15-11-10-12-24(29)3)40(38,39)27-18-16-26(32)17-19-27/h7-19,28H,4-6,20-23H2,1-3H3,(H,33,37). The number of nitrogens with one attached hydrogen (secondary N) is 1. The molecule has 0 saturated heterocycles. The molecule has 0 radical (unpaired) electrons. The average molecular weight is 584 g/mol. The Morgan fingerprint density at radius 1 is 0.925 bits per heavy atom. The molecular weight excluding hydrogens is 546 g/mol. The van der Waals surface area contributed by atoms with Crippen LogP contribution < -0.4 is 9.62 Å². The summed E-state index contributed by atoms with van der Waals surface area (Å²) < 4.78 is 29.0. The van der Waals surface area contributed by atoms with Crippen LogP contribution in [0.15, 0.2) is 83.8 Å². The number of benzene rings is 3. The molecule has 0 aromatic heterocycles. The van der Waals surface area contributed by atoms with Crippen molar-refractivity contribution in [3.8, 4) is 0 Å². The number of aryl methyl sites for hydroxylation is 1. The third kappa shape index (κ3) is 8.08. The van der Waals surface area contributed by atoms with Crippen LogP contribution in [0.4, 0.5) is 5.69 Å². The molecule has 3 aromatic rings. The van der Waals surface area contributed by atoms with Gasteiger partial charge in [0, 0.05) is 18.1 Å². The topological polar surface area (TPSA) is 86.8 Å². The normalized spacial score (nSPS) is 12.0. The lowest BCUT2D eigenvalue weighted by Gasteiger charge is -2.33. The van der Waals surface area contributed by atoms with E-state index < -0.39 is 28.5 Å². The van der Waals surface area contributed by atoms with Gasteiger partial charge < -0.3 is 10.2 Å². The zero-order valence-corrected chi connectivity index (χ0v) is 24.9. The molecule has 0 aliphatic carbocycles. The van der Waals surface area contributed by atoms with Crippen molar-refractivity contribution < 1.29 is 18.0 Å². The van der Waals surface area contributed by atoms with Crippen LogP contribution in [0.3, 0.4) is 0 Å². The number of nitrogens with zero attached hydrogens (tertiary/aromatic N) is 2. The van der Waals surface area contributed by atoms with E-state index in [1.807, 2.05) is 50.2 Å². The van der Waals surface area contributed by atoms with E-state index in [9.17, 15) is 18.0 Å². The second-order valence-corrected chi connectivity index (χ2v) is 11.9. The molecule has 7 nitrogen and oxygen atoms in total. The third-order valence-corrected chi connectivity index (χ3v) is 8.79. The Labute approximate surface area is 243 Å². The first kappa shape index (κ1) is 31.2. The molecule has 0 bridgehead atoms. The monoisotopic (exact) mass is 583 g/mol. The molecule has 214 valence electrons. The Hall–Kier alpha value is -3.36. The number of anilines is 1. The first-order chi connectivity index (χ1) is 19.2. The van der Waals surface area contributed by atoms with Gasteiger partial charge in [-0.3, -0.25) is 13.9 Å². The van der Waals surface area contributed by atoms with Crippen molar-refractivity contribution in [3.63, 3.8) is 0 Å². The van der Waals surface area contributed by atoms with E-state index in [4.69, 9.17) is 11.6 Å². The molecule has 0 aliphatic rings. The smallest absolute Gasteiger partial charge is 0.264 e. The van der Waals surface area contributed by atoms with Gasteiger partial charge >= 0.3 is 0 Å². The molecule has 1 unspecified atom stereocenters. The van der Waals surface area contributed by atoms with Crippen molar-refractivity contribution >= 4 is 39.1 Å². The third-order valence-electron chi connectivity index (χ3n) is 6.76. The number of halogens is 1. The summed E-state index contributed by atoms with van der Waals surface area (Å²) in [6.45, 7) is 6.03. The van der Waals surface area contributed by atoms with E-state index in [1.165, 1.54) is 29.2 Å². The fourth-order valence-electron chi connectivity index (χ4n) is 4.49. The van der Waals surface area contributed by atoms with Crippen LogP contribution in [0.2, 0.25) is 5.02 Å². The van der Waals surface area contributed by atoms with E-state index in [-0.39, 0.29) is 17.3 Å². The van der Waals surface area contributed by atoms with Gasteiger partial charge in [-0.25, -0.2) is 8.42 Å². The Morgan fingerprint density at radius 3 is 2.20 bits per heavy atom. The van der Waals surface area contributed by atoms with Gasteiger partial charge in [0.2, 0.25) is 11.8 Å². The van der Waals surface area contributed by atoms with Gasteiger partial charge in [-0.1, -0.05) is 80.4 Å². The lowest BCUT2D eigenvalue weighted by Crippen LogP contribution is -2.53. The number of carbonyl (C=O) groups is 2. The van der Waals surface area contributed by atoms with Gasteiger partial charge in [-0.15, -0.1) is 0 Å². The van der Waals surface area contributed by atoms with E-state index >= 15 is 0 Å². The minimum absolute atomic E-state index is 0.0214. The van der Waals surface area contributed by atoms with Crippen LogP contribution >= 0.6 is 11.6 Å². The highest BCUT2D eigenvalue weighted by molar-refractivity contribution is 7.92. The molecular formula is C31H38ClN3O4S. The molecule has 9 heteroatoms. The van der Waals surface area contributed by atoms with Crippen LogP contribution in [0.25, 0.3) is 0 Å². The fourth-order valence-corrected chi connectivity index (χ4v) is 6.10. The van der Waals surface area contributed by atoms with Crippen LogP contribution in [0, 0.1) is 6.92 Å². The van der Waals surface area contributed by atoms with Crippen LogP contribution in [0.1, 0.15) is 44.2 Å². The molecule has 40 heavy (non-hydrogen) atoms. The first-order valence-corrected chi connectivity index (χ1v) is 15.5. The predicted octanol–water partition coefficient (Wildman–Crippen LogP) is 5.61. The molecule has 2 amide bonds. The number of hydrogen-bond acceptors (Lipinski definition) is 4. The molecule has 0 heterocycles. The Bertz CT molecular complexity index is 1360. The molecule has 0 saturated carbocycles. The first-order valence-electron chi connectivity index (χ1n) is 13.6. The summed E-state index contributed by atoms with van der Waals surface area (Å²) in [5.41, 5.74) is 2.12. The number of sulfonamides is 1. The van der Waals surface area contributed by atoms with Crippen molar-refractivity contribution in [3.05, 3.63) is 95.0 Å². The molecule has 3 aromatic carbocycles. The van der Waals surface area contributed by atoms with Crippen LogP contribution in [-0.2, 0) is 26.0 Å². The molecule has 0 aliphatic heterocycles. The van der Waals surface area contributed by atoms with Gasteiger partial charge in [0.1, 0.15) is 12.6 Å². The molecule has 3 rings (SSSR count). The quantitative estimate of drug-likeness (QED) is 0.250. The molecule has 0 fully saturated rings. The number of para-hydroxylation sites is 1. The summed E-state index contributed by atoms with van der Waals surface area (Å²) in [7, 11) is -4.13. The van der Waals surface area contributed by atoms with Gasteiger partial charge in [0.15, 0.2) is 0 Å². The zero-order chi connectivity index (χ0) is 29.1. The Kier molecular flexibility index (Phi) is 11.6. The summed E-state index contributed by atoms with van der Waals surface area (Å²) in [5, 5.41) is 3.35. The van der Waals surface area contributed by atoms with Gasteiger partial charge in [-0.05, 0) is 67.6 Å². The largest absolute Gasteiger partial charge is 0.354 e. The van der Waals surface area contributed by atoms with Crippen molar-refractivity contribution in [2.45, 2.75) is 57.4 Å². The Morgan fingerprint density at radius 2 is 1.57 bits per heavy atom. The minimum Gasteiger partial charge on any atom is -0.354 e. The summed E-state index contributed by atoms with van der Waals surface area (Å²) in [4.78, 5) is 28.8. The van der Waals surface area contributed by atoms with Gasteiger partial charge in [0.25, 0.3) is 10.0 Å². The number of carbonyl (C=O) groups excluding carboxylic acids is 2. The summed E-state index contributed by atoms with van der Waals surface area (Å²) in [6.07, 6.45) is 2.69. The van der Waals surface area contributed by atoms with Crippen molar-refractivity contribution in [2.75, 3.05) is 23.9 Å². The van der Waals surface area contributed by atoms with E-state index in [2.05, 4.69) is 5.32 Å². The second-order valence-electron chi connectivity index (χ2n) is 9.64. The number of hydrogen-bond donors (Lipinski definition) is 1. The van der Waals surface area contributed by atoms with Gasteiger partial charge in [0.05, 0.1) is 10.6 Å². The molecule has 1 atom stereocenters. The van der Waals surface area contributed by atoms with Crippen molar-refractivity contribution in [2.24, 2.45) is 0 Å². The number of amides is 2. The maximum atomic E-state index is 14.0. The van der Waals surface area contributed by atoms with Crippen LogP contribution in [-0.4, -0.2) is 50.8 Å². The SMILES string of the molecule is CCCCNC(=O)C(CC)N(CCc1ccccc1)C(=O)CN(c1ccccc1C)S(=O)(=O)c1ccc(Cl)cc1. The number of rotatable bonds is 14. The molecule has 0 spiro atoms. The summed E-state index contributed by atoms with van der Waals surface area (Å²) in [6, 6.07) is 21.9. The van der Waals surface area contributed by atoms with Crippen molar-refractivity contribution in [1.82, 2.24) is 10.2 Å². The van der Waals surface area contributed by atoms with Crippen molar-refractivity contribution in [1.29, 1.82) is 0 Å². The van der Waals surface area contributed by atoms with E-state index in [1.54, 1.807) is 25.1 Å². The zero-order valence-electron chi connectivity index (χ0n) is 23.3. The summed E-state index contributed by atoms with van der Waals surface area (Å²) in [5.74, 6) is -0.686. The minimum atomic E-state index is -4.13. The van der Waals surface area contributed by atoms with E-state index in [0.717, 1.165) is 22.7 Å². The van der Waals surface area contributed by atoms with E-state index in [0.29, 0.717) is 35.7 Å². The lowest BCUT2D eigenvalue weighted by molar-refractivity contribution is -0.139. The molecule has 1 N–H and O–H groups in total. The highest BCUT2D eigenvalue weighted by atomic mass is 35.5. The average Bonchev–Trinajstić information content (AvgIpc) is 2.95. The highest BCUT2D eigenvalue weighted by Crippen LogP contribution is 2.28. The fraction of sp³-hybridized carbons (Fsp3) is 0.355. The van der Waals surface area contributed by atoms with Gasteiger partial charge in [-0.2, -0.15) is 0 Å². The second kappa shape index (κ2) is 14.9. The van der Waals surface area contributed by atoms with Crippen LogP contribution in [0.5, 0.6) is 0 Å². The maximum Gasteiger partial charge on any atom is 0.264 e. The number of unbranched alkanes of at least 4 members (excludes halogenated alkanes) is 1. The lowest BCUT2D eigenvalue weighted by atomic mass is 10.1.